The molecule has 0 aliphatic heterocycles. The predicted octanol–water partition coefficient (Wildman–Crippen LogP) is 13.4. The summed E-state index contributed by atoms with van der Waals surface area (Å²) in [6.07, 6.45) is 1.75. The average Bonchev–Trinajstić information content (AvgIpc) is 3.83. The smallest absolute Gasteiger partial charge is 0.135 e. The molecule has 0 radical (unpaired) electrons. The van der Waals surface area contributed by atoms with Gasteiger partial charge >= 0.3 is 0 Å². The van der Waals surface area contributed by atoms with Gasteiger partial charge in [-0.2, -0.15) is 0 Å². The molecule has 0 unspecified atom stereocenters. The average molecular weight is 653 g/mol. The van der Waals surface area contributed by atoms with Crippen molar-refractivity contribution in [1.29, 1.82) is 0 Å². The Bertz CT molecular complexity index is 3000. The van der Waals surface area contributed by atoms with Gasteiger partial charge in [-0.1, -0.05) is 91.0 Å². The van der Waals surface area contributed by atoms with Crippen molar-refractivity contribution in [3.05, 3.63) is 170 Å². The van der Waals surface area contributed by atoms with E-state index in [1.54, 1.807) is 6.08 Å². The number of allylic oxidation sites excluding steroid dienone is 1. The summed E-state index contributed by atoms with van der Waals surface area (Å²) in [5.41, 5.74) is 15.8. The molecule has 0 saturated carbocycles. The molecule has 11 rings (SSSR count). The van der Waals surface area contributed by atoms with Gasteiger partial charge < -0.3 is 8.98 Å². The van der Waals surface area contributed by atoms with Gasteiger partial charge in [0.25, 0.3) is 0 Å². The summed E-state index contributed by atoms with van der Waals surface area (Å²) in [6.45, 7) is 5.25. The number of hydrogen-bond acceptors (Lipinski definition) is 2. The fourth-order valence-corrected chi connectivity index (χ4v) is 7.95. The molecule has 3 heterocycles. The third-order valence-corrected chi connectivity index (χ3v) is 10.1. The molecule has 0 amide bonds. The molecule has 7 aromatic carbocycles. The van der Waals surface area contributed by atoms with Crippen molar-refractivity contribution in [1.82, 2.24) is 9.55 Å². The molecule has 51 heavy (non-hydrogen) atoms. The van der Waals surface area contributed by atoms with Gasteiger partial charge in [0.2, 0.25) is 0 Å². The number of fused-ring (bicyclic) bond motifs is 9. The molecular formula is C48H32N2O. The maximum absolute atomic E-state index is 6.36. The Labute approximate surface area is 295 Å². The number of benzene rings is 7. The van der Waals surface area contributed by atoms with Crippen molar-refractivity contribution >= 4 is 54.6 Å². The van der Waals surface area contributed by atoms with Crippen LogP contribution in [0.2, 0.25) is 0 Å². The summed E-state index contributed by atoms with van der Waals surface area (Å²) < 4.78 is 8.72. The van der Waals surface area contributed by atoms with E-state index in [9.17, 15) is 0 Å². The highest BCUT2D eigenvalue weighted by molar-refractivity contribution is 6.15. The van der Waals surface area contributed by atoms with Crippen molar-refractivity contribution in [3.8, 4) is 50.3 Å². The van der Waals surface area contributed by atoms with Gasteiger partial charge in [0, 0.05) is 38.2 Å². The number of hydrogen-bond donors (Lipinski definition) is 0. The normalized spacial score (nSPS) is 11.7. The van der Waals surface area contributed by atoms with Gasteiger partial charge in [-0.3, -0.25) is 0 Å². The van der Waals surface area contributed by atoms with E-state index in [2.05, 4.69) is 169 Å². The lowest BCUT2D eigenvalue weighted by molar-refractivity contribution is 0.669. The van der Waals surface area contributed by atoms with E-state index in [0.29, 0.717) is 0 Å². The first-order valence-corrected chi connectivity index (χ1v) is 17.4. The first-order valence-electron chi connectivity index (χ1n) is 17.4. The minimum absolute atomic E-state index is 0.880. The third kappa shape index (κ3) is 4.48. The van der Waals surface area contributed by atoms with E-state index in [0.717, 1.165) is 50.0 Å². The van der Waals surface area contributed by atoms with Crippen LogP contribution in [0.4, 0.5) is 0 Å². The van der Waals surface area contributed by atoms with Crippen LogP contribution in [0.15, 0.2) is 175 Å². The van der Waals surface area contributed by atoms with E-state index in [1.165, 1.54) is 55.0 Å². The highest BCUT2D eigenvalue weighted by Crippen LogP contribution is 2.48. The van der Waals surface area contributed by atoms with Gasteiger partial charge in [0.05, 0.1) is 22.2 Å². The maximum Gasteiger partial charge on any atom is 0.135 e. The van der Waals surface area contributed by atoms with Crippen molar-refractivity contribution in [2.24, 2.45) is 0 Å². The molecule has 0 atom stereocenters. The molecule has 0 saturated heterocycles. The van der Waals surface area contributed by atoms with Crippen LogP contribution in [0.25, 0.3) is 105 Å². The second kappa shape index (κ2) is 11.4. The Morgan fingerprint density at radius 1 is 0.510 bits per heavy atom. The standard InChI is InChI=1S/C45H26N2O.C3H6/c1-2-9-30(10-3-1)47-41-16-7-6-13-33(41)35-23-27(17-20-42(35)47)28-18-21-43-36(24-28)37-25-29(19-22-44(37)48-43)40-26-38-32-12-5-4-11-31(32)34-14-8-15-39(46-40)45(34)38;1-3-2/h1-26H;3H,1H2,2H3. The molecular weight excluding hydrogens is 621 g/mol. The minimum Gasteiger partial charge on any atom is -0.456 e. The molecule has 3 nitrogen and oxygen atoms in total. The Hall–Kier alpha value is -6.71. The Kier molecular flexibility index (Phi) is 6.55. The van der Waals surface area contributed by atoms with Crippen LogP contribution in [-0.2, 0) is 0 Å². The Morgan fingerprint density at radius 2 is 1.10 bits per heavy atom. The van der Waals surface area contributed by atoms with Gasteiger partial charge in [-0.25, -0.2) is 4.98 Å². The lowest BCUT2D eigenvalue weighted by atomic mass is 9.99. The highest BCUT2D eigenvalue weighted by atomic mass is 16.3. The monoisotopic (exact) mass is 652 g/mol. The topological polar surface area (TPSA) is 31.0 Å². The van der Waals surface area contributed by atoms with Crippen molar-refractivity contribution in [2.75, 3.05) is 0 Å². The van der Waals surface area contributed by atoms with Gasteiger partial charge in [-0.15, -0.1) is 6.58 Å². The molecule has 0 fully saturated rings. The van der Waals surface area contributed by atoms with E-state index < -0.39 is 0 Å². The molecule has 0 N–H and O–H groups in total. The third-order valence-electron chi connectivity index (χ3n) is 10.1. The molecule has 240 valence electrons. The fraction of sp³-hybridized carbons (Fsp3) is 0.0208. The second-order valence-corrected chi connectivity index (χ2v) is 13.2. The largest absolute Gasteiger partial charge is 0.456 e. The summed E-state index contributed by atoms with van der Waals surface area (Å²) in [5.74, 6) is 0. The highest BCUT2D eigenvalue weighted by Gasteiger charge is 2.23. The van der Waals surface area contributed by atoms with Crippen molar-refractivity contribution in [2.45, 2.75) is 6.92 Å². The van der Waals surface area contributed by atoms with Crippen LogP contribution in [0.3, 0.4) is 0 Å². The lowest BCUT2D eigenvalue weighted by Crippen LogP contribution is -1.92. The molecule has 1 aliphatic carbocycles. The Morgan fingerprint density at radius 3 is 1.88 bits per heavy atom. The number of rotatable bonds is 3. The maximum atomic E-state index is 6.36. The van der Waals surface area contributed by atoms with Crippen LogP contribution in [-0.4, -0.2) is 9.55 Å². The zero-order valence-electron chi connectivity index (χ0n) is 28.1. The number of furan rings is 1. The van der Waals surface area contributed by atoms with E-state index >= 15 is 0 Å². The zero-order chi connectivity index (χ0) is 34.1. The van der Waals surface area contributed by atoms with Crippen LogP contribution in [0.5, 0.6) is 0 Å². The minimum atomic E-state index is 0.880. The van der Waals surface area contributed by atoms with Crippen LogP contribution >= 0.6 is 0 Å². The first-order chi connectivity index (χ1) is 25.2. The zero-order valence-corrected chi connectivity index (χ0v) is 28.1. The van der Waals surface area contributed by atoms with Gasteiger partial charge in [0.1, 0.15) is 11.2 Å². The lowest BCUT2D eigenvalue weighted by Gasteiger charge is -2.08. The van der Waals surface area contributed by atoms with Crippen LogP contribution < -0.4 is 0 Å². The summed E-state index contributed by atoms with van der Waals surface area (Å²) in [5, 5.41) is 5.93. The second-order valence-electron chi connectivity index (χ2n) is 13.2. The van der Waals surface area contributed by atoms with E-state index in [1.807, 2.05) is 6.92 Å². The van der Waals surface area contributed by atoms with Crippen LogP contribution in [0.1, 0.15) is 6.92 Å². The molecule has 3 aromatic heterocycles. The van der Waals surface area contributed by atoms with Crippen molar-refractivity contribution in [3.63, 3.8) is 0 Å². The summed E-state index contributed by atoms with van der Waals surface area (Å²) in [6, 6.07) is 56.5. The van der Waals surface area contributed by atoms with Crippen LogP contribution in [0, 0.1) is 0 Å². The summed E-state index contributed by atoms with van der Waals surface area (Å²) >= 11 is 0. The SMILES string of the molecule is C=CC.c1ccc(-n2c3ccccc3c3cc(-c4ccc5oc6ccc(-c7cc8c9c(cccc9n7)-c7ccccc7-8)cc6c5c4)ccc32)cc1. The molecule has 0 spiro atoms. The predicted molar refractivity (Wildman–Crippen MR) is 215 cm³/mol. The molecule has 3 heteroatoms. The first kappa shape index (κ1) is 29.2. The molecule has 10 aromatic rings. The quantitative estimate of drug-likeness (QED) is 0.178. The van der Waals surface area contributed by atoms with Crippen molar-refractivity contribution < 1.29 is 4.42 Å². The molecule has 1 aliphatic rings. The summed E-state index contributed by atoms with van der Waals surface area (Å²) in [7, 11) is 0. The number of nitrogens with zero attached hydrogens (tertiary/aromatic N) is 2. The van der Waals surface area contributed by atoms with E-state index in [-0.39, 0.29) is 0 Å². The fourth-order valence-electron chi connectivity index (χ4n) is 7.95. The number of aromatic nitrogens is 2. The summed E-state index contributed by atoms with van der Waals surface area (Å²) in [4.78, 5) is 5.17. The van der Waals surface area contributed by atoms with Gasteiger partial charge in [0.15, 0.2) is 0 Å². The Balaban J connectivity index is 0.00000106. The molecule has 0 bridgehead atoms. The number of para-hydroxylation sites is 2. The van der Waals surface area contributed by atoms with E-state index in [4.69, 9.17) is 9.40 Å². The number of pyridine rings is 1. The van der Waals surface area contributed by atoms with Gasteiger partial charge in [-0.05, 0) is 113 Å².